The zero-order valence-corrected chi connectivity index (χ0v) is 15.7. The molecule has 2 heterocycles. The van der Waals surface area contributed by atoms with Gasteiger partial charge >= 0.3 is 0 Å². The van der Waals surface area contributed by atoms with E-state index < -0.39 is 0 Å². The Morgan fingerprint density at radius 2 is 1.96 bits per heavy atom. The molecule has 6 nitrogen and oxygen atoms in total. The maximum atomic E-state index is 5.87. The molecule has 0 amide bonds. The normalized spacial score (nSPS) is 11.0. The summed E-state index contributed by atoms with van der Waals surface area (Å²) in [4.78, 5) is 4.12. The third-order valence-corrected chi connectivity index (χ3v) is 4.26. The Hall–Kier alpha value is -3.58. The van der Waals surface area contributed by atoms with E-state index in [1.54, 1.807) is 23.3 Å². The van der Waals surface area contributed by atoms with Gasteiger partial charge in [-0.2, -0.15) is 14.9 Å². The van der Waals surface area contributed by atoms with Crippen molar-refractivity contribution in [1.29, 1.82) is 0 Å². The summed E-state index contributed by atoms with van der Waals surface area (Å²) in [5.41, 5.74) is 2.84. The van der Waals surface area contributed by atoms with Crippen LogP contribution in [0, 0.1) is 4.77 Å². The van der Waals surface area contributed by atoms with Crippen molar-refractivity contribution in [1.82, 2.24) is 19.9 Å². The molecular formula is C21H17N5OS. The van der Waals surface area contributed by atoms with Crippen LogP contribution in [-0.4, -0.2) is 26.1 Å². The first kappa shape index (κ1) is 17.8. The average Bonchev–Trinajstić information content (AvgIpc) is 3.13. The Morgan fingerprint density at radius 1 is 1.07 bits per heavy atom. The summed E-state index contributed by atoms with van der Waals surface area (Å²) in [7, 11) is 0. The van der Waals surface area contributed by atoms with E-state index in [1.807, 2.05) is 66.7 Å². The van der Waals surface area contributed by atoms with Crippen LogP contribution in [0.2, 0.25) is 0 Å². The number of hydrogen-bond acceptors (Lipinski definition) is 5. The molecular weight excluding hydrogens is 370 g/mol. The highest BCUT2D eigenvalue weighted by Gasteiger charge is 2.07. The molecule has 0 spiro atoms. The van der Waals surface area contributed by atoms with Gasteiger partial charge in [-0.05, 0) is 47.6 Å². The maximum Gasteiger partial charge on any atom is 0.216 e. The van der Waals surface area contributed by atoms with Crippen LogP contribution in [0.4, 0.5) is 0 Å². The highest BCUT2D eigenvalue weighted by molar-refractivity contribution is 7.71. The first-order valence-electron chi connectivity index (χ1n) is 8.68. The minimum atomic E-state index is 0.409. The van der Waals surface area contributed by atoms with Gasteiger partial charge < -0.3 is 4.74 Å². The van der Waals surface area contributed by atoms with Crippen molar-refractivity contribution >= 4 is 18.4 Å². The second-order valence-electron chi connectivity index (χ2n) is 6.00. The first-order chi connectivity index (χ1) is 13.8. The van der Waals surface area contributed by atoms with Crippen LogP contribution in [0.3, 0.4) is 0 Å². The van der Waals surface area contributed by atoms with Crippen molar-refractivity contribution in [3.05, 3.63) is 95.0 Å². The second kappa shape index (κ2) is 8.41. The lowest BCUT2D eigenvalue weighted by Gasteiger charge is -2.06. The van der Waals surface area contributed by atoms with Crippen molar-refractivity contribution < 1.29 is 4.74 Å². The smallest absolute Gasteiger partial charge is 0.216 e. The monoisotopic (exact) mass is 387 g/mol. The fraction of sp³-hybridized carbons (Fsp3) is 0.0476. The standard InChI is InChI=1S/C21H17N5OS/c28-21-25-24-20(18-9-5-11-22-14-18)26(21)23-13-17-8-4-10-19(12-17)27-15-16-6-2-1-3-7-16/h1-14H,15H2,(H,25,28)/b23-13+. The maximum absolute atomic E-state index is 5.87. The third kappa shape index (κ3) is 4.21. The molecule has 0 atom stereocenters. The molecule has 4 rings (SSSR count). The number of nitrogens with one attached hydrogen (secondary N) is 1. The average molecular weight is 387 g/mol. The number of hydrogen-bond donors (Lipinski definition) is 1. The van der Waals surface area contributed by atoms with Crippen molar-refractivity contribution in [3.63, 3.8) is 0 Å². The van der Waals surface area contributed by atoms with Gasteiger partial charge in [-0.3, -0.25) is 4.98 Å². The molecule has 0 unspecified atom stereocenters. The summed E-state index contributed by atoms with van der Waals surface area (Å²) in [6.07, 6.45) is 5.15. The minimum absolute atomic E-state index is 0.409. The van der Waals surface area contributed by atoms with E-state index in [4.69, 9.17) is 17.0 Å². The van der Waals surface area contributed by atoms with Crippen LogP contribution in [0.5, 0.6) is 5.75 Å². The van der Waals surface area contributed by atoms with Crippen LogP contribution in [-0.2, 0) is 6.61 Å². The summed E-state index contributed by atoms with van der Waals surface area (Å²) in [5, 5.41) is 11.5. The Kier molecular flexibility index (Phi) is 5.35. The summed E-state index contributed by atoms with van der Waals surface area (Å²) in [5.74, 6) is 1.38. The lowest BCUT2D eigenvalue weighted by molar-refractivity contribution is 0.306. The Labute approximate surface area is 167 Å². The second-order valence-corrected chi connectivity index (χ2v) is 6.38. The van der Waals surface area contributed by atoms with Gasteiger partial charge in [0.15, 0.2) is 5.82 Å². The topological polar surface area (TPSA) is 68.1 Å². The Bertz CT molecular complexity index is 1140. The van der Waals surface area contributed by atoms with Crippen LogP contribution in [0.15, 0.2) is 84.2 Å². The Balaban J connectivity index is 1.53. The molecule has 28 heavy (non-hydrogen) atoms. The van der Waals surface area contributed by atoms with E-state index in [2.05, 4.69) is 20.3 Å². The lowest BCUT2D eigenvalue weighted by atomic mass is 10.2. The van der Waals surface area contributed by atoms with Gasteiger partial charge in [-0.25, -0.2) is 5.10 Å². The molecule has 0 aliphatic rings. The number of benzene rings is 2. The number of nitrogens with zero attached hydrogens (tertiary/aromatic N) is 4. The number of aromatic nitrogens is 4. The van der Waals surface area contributed by atoms with Crippen LogP contribution in [0.1, 0.15) is 11.1 Å². The minimum Gasteiger partial charge on any atom is -0.489 e. The van der Waals surface area contributed by atoms with Crippen molar-refractivity contribution in [3.8, 4) is 17.1 Å². The fourth-order valence-corrected chi connectivity index (χ4v) is 2.81. The Morgan fingerprint density at radius 3 is 2.79 bits per heavy atom. The van der Waals surface area contributed by atoms with Crippen molar-refractivity contribution in [2.45, 2.75) is 6.61 Å². The van der Waals surface area contributed by atoms with Gasteiger partial charge in [0.1, 0.15) is 12.4 Å². The molecule has 1 N–H and O–H groups in total. The summed E-state index contributed by atoms with van der Waals surface area (Å²) >= 11 is 5.30. The van der Waals surface area contributed by atoms with E-state index in [9.17, 15) is 0 Å². The van der Waals surface area contributed by atoms with E-state index in [0.717, 1.165) is 22.4 Å². The fourth-order valence-electron chi connectivity index (χ4n) is 2.63. The zero-order valence-electron chi connectivity index (χ0n) is 14.9. The predicted molar refractivity (Wildman–Crippen MR) is 111 cm³/mol. The zero-order chi connectivity index (χ0) is 19.2. The highest BCUT2D eigenvalue weighted by Crippen LogP contribution is 2.17. The number of rotatable bonds is 6. The van der Waals surface area contributed by atoms with E-state index >= 15 is 0 Å². The predicted octanol–water partition coefficient (Wildman–Crippen LogP) is 4.46. The number of ether oxygens (including phenoxy) is 1. The molecule has 0 radical (unpaired) electrons. The van der Waals surface area contributed by atoms with Gasteiger partial charge in [0.2, 0.25) is 4.77 Å². The molecule has 0 saturated heterocycles. The van der Waals surface area contributed by atoms with E-state index in [-0.39, 0.29) is 0 Å². The SMILES string of the molecule is S=c1[nH]nc(-c2cccnc2)n1/N=C/c1cccc(OCc2ccccc2)c1. The third-order valence-electron chi connectivity index (χ3n) is 4.00. The summed E-state index contributed by atoms with van der Waals surface area (Å²) < 4.78 is 7.85. The van der Waals surface area contributed by atoms with Gasteiger partial charge in [-0.1, -0.05) is 42.5 Å². The van der Waals surface area contributed by atoms with Gasteiger partial charge in [0.05, 0.1) is 6.21 Å². The summed E-state index contributed by atoms with van der Waals surface area (Å²) in [6.45, 7) is 0.513. The number of H-pyrrole nitrogens is 1. The molecule has 138 valence electrons. The molecule has 0 aliphatic carbocycles. The van der Waals surface area contributed by atoms with Crippen molar-refractivity contribution in [2.24, 2.45) is 5.10 Å². The quantitative estimate of drug-likeness (QED) is 0.392. The highest BCUT2D eigenvalue weighted by atomic mass is 32.1. The molecule has 0 aliphatic heterocycles. The molecule has 4 aromatic rings. The summed E-state index contributed by atoms with van der Waals surface area (Å²) in [6, 6.07) is 21.5. The molecule has 0 bridgehead atoms. The van der Waals surface area contributed by atoms with Crippen LogP contribution >= 0.6 is 12.2 Å². The van der Waals surface area contributed by atoms with E-state index in [0.29, 0.717) is 17.2 Å². The molecule has 0 fully saturated rings. The molecule has 2 aromatic heterocycles. The first-order valence-corrected chi connectivity index (χ1v) is 9.09. The van der Waals surface area contributed by atoms with Crippen LogP contribution in [0.25, 0.3) is 11.4 Å². The molecule has 0 saturated carbocycles. The number of pyridine rings is 1. The van der Waals surface area contributed by atoms with Gasteiger partial charge in [0, 0.05) is 18.0 Å². The van der Waals surface area contributed by atoms with Crippen molar-refractivity contribution in [2.75, 3.05) is 0 Å². The number of aromatic amines is 1. The van der Waals surface area contributed by atoms with Gasteiger partial charge in [-0.15, -0.1) is 0 Å². The largest absolute Gasteiger partial charge is 0.489 e. The van der Waals surface area contributed by atoms with Gasteiger partial charge in [0.25, 0.3) is 0 Å². The molecule has 7 heteroatoms. The molecule has 2 aromatic carbocycles. The van der Waals surface area contributed by atoms with Crippen LogP contribution < -0.4 is 4.74 Å². The van der Waals surface area contributed by atoms with E-state index in [1.165, 1.54) is 0 Å². The lowest BCUT2D eigenvalue weighted by Crippen LogP contribution is -1.97.